The Morgan fingerprint density at radius 1 is 1.33 bits per heavy atom. The number of hydrogen-bond donors (Lipinski definition) is 2. The van der Waals surface area contributed by atoms with Crippen molar-refractivity contribution >= 4 is 11.9 Å². The van der Waals surface area contributed by atoms with Crippen molar-refractivity contribution in [1.29, 1.82) is 0 Å². The lowest BCUT2D eigenvalue weighted by Crippen LogP contribution is -2.50. The summed E-state index contributed by atoms with van der Waals surface area (Å²) in [5, 5.41) is 11.4. The van der Waals surface area contributed by atoms with Crippen molar-refractivity contribution in [2.45, 2.75) is 13.0 Å². The molecule has 2 unspecified atom stereocenters. The lowest BCUT2D eigenvalue weighted by atomic mass is 9.85. The zero-order chi connectivity index (χ0) is 15.8. The van der Waals surface area contributed by atoms with E-state index in [1.807, 2.05) is 0 Å². The molecule has 1 amide bonds. The number of amides is 1. The Morgan fingerprint density at radius 2 is 1.90 bits per heavy atom. The summed E-state index contributed by atoms with van der Waals surface area (Å²) in [7, 11) is 0. The molecule has 2 N–H and O–H groups in total. The first-order valence-electron chi connectivity index (χ1n) is 6.02. The van der Waals surface area contributed by atoms with Gasteiger partial charge in [-0.2, -0.15) is 0 Å². The van der Waals surface area contributed by atoms with Crippen LogP contribution in [0, 0.1) is 22.9 Å². The third-order valence-electron chi connectivity index (χ3n) is 3.48. The van der Waals surface area contributed by atoms with Crippen LogP contribution in [0.5, 0.6) is 0 Å². The van der Waals surface area contributed by atoms with Crippen molar-refractivity contribution in [2.24, 2.45) is 5.41 Å². The smallest absolute Gasteiger partial charge is 0.313 e. The molecule has 0 aliphatic carbocycles. The monoisotopic (exact) mass is 303 g/mol. The van der Waals surface area contributed by atoms with Crippen LogP contribution in [0.3, 0.4) is 0 Å². The number of ether oxygens (including phenoxy) is 1. The van der Waals surface area contributed by atoms with Crippen LogP contribution in [0.2, 0.25) is 0 Å². The van der Waals surface area contributed by atoms with Gasteiger partial charge in [0, 0.05) is 12.1 Å². The molecular weight excluding hydrogens is 291 g/mol. The Bertz CT molecular complexity index is 584. The van der Waals surface area contributed by atoms with Gasteiger partial charge in [0.2, 0.25) is 0 Å². The molecule has 21 heavy (non-hydrogen) atoms. The quantitative estimate of drug-likeness (QED) is 0.883. The van der Waals surface area contributed by atoms with E-state index in [-0.39, 0.29) is 13.2 Å². The highest BCUT2D eigenvalue weighted by Gasteiger charge is 2.47. The fourth-order valence-corrected chi connectivity index (χ4v) is 2.07. The van der Waals surface area contributed by atoms with Crippen LogP contribution >= 0.6 is 0 Å². The van der Waals surface area contributed by atoms with Gasteiger partial charge in [-0.3, -0.25) is 9.59 Å². The van der Waals surface area contributed by atoms with Crippen molar-refractivity contribution in [3.8, 4) is 0 Å². The molecule has 2 rings (SSSR count). The maximum atomic E-state index is 13.5. The normalized spacial score (nSPS) is 24.9. The third-order valence-corrected chi connectivity index (χ3v) is 3.48. The first-order valence-corrected chi connectivity index (χ1v) is 6.02. The zero-order valence-electron chi connectivity index (χ0n) is 11.0. The van der Waals surface area contributed by atoms with Crippen LogP contribution in [0.4, 0.5) is 13.2 Å². The van der Waals surface area contributed by atoms with E-state index in [9.17, 15) is 22.8 Å². The first kappa shape index (κ1) is 15.3. The van der Waals surface area contributed by atoms with E-state index in [1.54, 1.807) is 0 Å². The summed E-state index contributed by atoms with van der Waals surface area (Å²) < 4.78 is 44.8. The minimum atomic E-state index is -1.40. The predicted octanol–water partition coefficient (Wildman–Crippen LogP) is 1.32. The van der Waals surface area contributed by atoms with Crippen molar-refractivity contribution < 1.29 is 32.6 Å². The van der Waals surface area contributed by atoms with Crippen molar-refractivity contribution in [2.75, 3.05) is 13.2 Å². The van der Waals surface area contributed by atoms with E-state index in [0.29, 0.717) is 12.1 Å². The Morgan fingerprint density at radius 3 is 2.43 bits per heavy atom. The Kier molecular flexibility index (Phi) is 3.91. The molecule has 1 aromatic carbocycles. The number of nitrogens with one attached hydrogen (secondary N) is 1. The van der Waals surface area contributed by atoms with Crippen molar-refractivity contribution in [3.63, 3.8) is 0 Å². The molecule has 1 aliphatic rings. The van der Waals surface area contributed by atoms with Gasteiger partial charge in [-0.05, 0) is 6.92 Å². The Balaban J connectivity index is 2.25. The Labute approximate surface area is 117 Å². The van der Waals surface area contributed by atoms with Gasteiger partial charge in [0.05, 0.1) is 19.3 Å². The molecule has 2 atom stereocenters. The van der Waals surface area contributed by atoms with E-state index in [0.717, 1.165) is 0 Å². The number of hydrogen-bond acceptors (Lipinski definition) is 3. The summed E-state index contributed by atoms with van der Waals surface area (Å²) in [4.78, 5) is 23.1. The van der Waals surface area contributed by atoms with Gasteiger partial charge < -0.3 is 15.2 Å². The number of carboxylic acid groups (broad SMARTS) is 1. The summed E-state index contributed by atoms with van der Waals surface area (Å²) in [6.07, 6.45) is 0. The van der Waals surface area contributed by atoms with E-state index in [1.165, 1.54) is 6.92 Å². The fraction of sp³-hybridized carbons (Fsp3) is 0.385. The van der Waals surface area contributed by atoms with E-state index < -0.39 is 46.3 Å². The zero-order valence-corrected chi connectivity index (χ0v) is 11.0. The van der Waals surface area contributed by atoms with Crippen LogP contribution in [0.15, 0.2) is 12.1 Å². The lowest BCUT2D eigenvalue weighted by Gasteiger charge is -2.25. The highest BCUT2D eigenvalue weighted by molar-refractivity contribution is 5.95. The summed E-state index contributed by atoms with van der Waals surface area (Å²) in [5.41, 5.74) is -2.36. The van der Waals surface area contributed by atoms with Crippen molar-refractivity contribution in [1.82, 2.24) is 5.32 Å². The third kappa shape index (κ3) is 2.71. The van der Waals surface area contributed by atoms with Crippen LogP contribution in [-0.4, -0.2) is 36.2 Å². The lowest BCUT2D eigenvalue weighted by molar-refractivity contribution is -0.148. The first-order chi connectivity index (χ1) is 9.75. The van der Waals surface area contributed by atoms with Crippen LogP contribution in [0.1, 0.15) is 17.3 Å². The largest absolute Gasteiger partial charge is 0.481 e. The maximum absolute atomic E-state index is 13.5. The molecule has 114 valence electrons. The van der Waals surface area contributed by atoms with Gasteiger partial charge in [-0.25, -0.2) is 13.2 Å². The molecule has 0 aromatic heterocycles. The molecule has 0 bridgehead atoms. The molecule has 5 nitrogen and oxygen atoms in total. The molecule has 0 spiro atoms. The van der Waals surface area contributed by atoms with Gasteiger partial charge in [-0.15, -0.1) is 0 Å². The number of carbonyl (C=O) groups excluding carboxylic acids is 1. The molecule has 8 heteroatoms. The topological polar surface area (TPSA) is 75.6 Å². The summed E-state index contributed by atoms with van der Waals surface area (Å²) in [6.45, 7) is 1.12. The molecule has 1 fully saturated rings. The van der Waals surface area contributed by atoms with Crippen molar-refractivity contribution in [3.05, 3.63) is 35.1 Å². The summed E-state index contributed by atoms with van der Waals surface area (Å²) >= 11 is 0. The van der Waals surface area contributed by atoms with Gasteiger partial charge in [0.25, 0.3) is 5.91 Å². The number of benzene rings is 1. The predicted molar refractivity (Wildman–Crippen MR) is 64.1 cm³/mol. The van der Waals surface area contributed by atoms with E-state index in [2.05, 4.69) is 5.32 Å². The minimum absolute atomic E-state index is 0.0982. The number of carboxylic acids is 1. The molecule has 1 saturated heterocycles. The van der Waals surface area contributed by atoms with Crippen LogP contribution < -0.4 is 5.32 Å². The van der Waals surface area contributed by atoms with Gasteiger partial charge in [0.1, 0.15) is 28.4 Å². The standard InChI is InChI=1S/C13H12F3NO4/c1-13(12(19)20)5-21-4-9(13)17-11(18)10-7(15)2-6(14)3-8(10)16/h2-3,9H,4-5H2,1H3,(H,17,18)(H,19,20). The molecular formula is C13H12F3NO4. The molecule has 1 aromatic rings. The molecule has 0 radical (unpaired) electrons. The second-order valence-corrected chi connectivity index (χ2v) is 5.01. The van der Waals surface area contributed by atoms with Crippen LogP contribution in [0.25, 0.3) is 0 Å². The number of halogens is 3. The highest BCUT2D eigenvalue weighted by Crippen LogP contribution is 2.29. The van der Waals surface area contributed by atoms with E-state index >= 15 is 0 Å². The molecule has 1 aliphatic heterocycles. The fourth-order valence-electron chi connectivity index (χ4n) is 2.07. The number of rotatable bonds is 3. The number of carbonyl (C=O) groups is 2. The average Bonchev–Trinajstić information content (AvgIpc) is 2.71. The second kappa shape index (κ2) is 5.36. The SMILES string of the molecule is CC1(C(=O)O)COCC1NC(=O)c1c(F)cc(F)cc1F. The van der Waals surface area contributed by atoms with Gasteiger partial charge in [-0.1, -0.05) is 0 Å². The summed E-state index contributed by atoms with van der Waals surface area (Å²) in [5.74, 6) is -6.23. The van der Waals surface area contributed by atoms with Gasteiger partial charge >= 0.3 is 5.97 Å². The molecule has 0 saturated carbocycles. The maximum Gasteiger partial charge on any atom is 0.313 e. The summed E-state index contributed by atoms with van der Waals surface area (Å²) in [6, 6.07) is -0.203. The number of aliphatic carboxylic acids is 1. The highest BCUT2D eigenvalue weighted by atomic mass is 19.1. The Hall–Kier alpha value is -2.09. The average molecular weight is 303 g/mol. The minimum Gasteiger partial charge on any atom is -0.481 e. The van der Waals surface area contributed by atoms with Gasteiger partial charge in [0.15, 0.2) is 0 Å². The molecule has 1 heterocycles. The van der Waals surface area contributed by atoms with Crippen LogP contribution in [-0.2, 0) is 9.53 Å². The second-order valence-electron chi connectivity index (χ2n) is 5.01. The van der Waals surface area contributed by atoms with E-state index in [4.69, 9.17) is 9.84 Å².